The number of ketones is 1. The van der Waals surface area contributed by atoms with Crippen molar-refractivity contribution in [2.75, 3.05) is 21.1 Å². The summed E-state index contributed by atoms with van der Waals surface area (Å²) < 4.78 is 0. The monoisotopic (exact) mass is 235 g/mol. The van der Waals surface area contributed by atoms with Gasteiger partial charge in [-0.05, 0) is 41.8 Å². The van der Waals surface area contributed by atoms with E-state index in [-0.39, 0.29) is 11.9 Å². The molecule has 0 aromatic heterocycles. The molecule has 0 aromatic rings. The Bertz CT molecular complexity index is 151. The molecule has 0 saturated heterocycles. The Kier molecular flexibility index (Phi) is 44.3. The quantitative estimate of drug-likeness (QED) is 0.375. The molecule has 0 spiro atoms. The van der Waals surface area contributed by atoms with E-state index in [1.54, 1.807) is 7.05 Å². The number of carbonyl (C=O) groups is 1. The molecule has 0 atom stereocenters. The highest BCUT2D eigenvalue weighted by atomic mass is 16.6. The number of rotatable bonds is 2. The van der Waals surface area contributed by atoms with E-state index < -0.39 is 0 Å². The van der Waals surface area contributed by atoms with Crippen molar-refractivity contribution in [3.05, 3.63) is 0 Å². The maximum Gasteiger partial charge on any atom is 0.231 e. The molecule has 0 heterocycles. The van der Waals surface area contributed by atoms with E-state index in [0.29, 0.717) is 0 Å². The van der Waals surface area contributed by atoms with E-state index in [0.717, 1.165) is 6.08 Å². The summed E-state index contributed by atoms with van der Waals surface area (Å²) in [4.78, 5) is 22.6. The predicted octanol–water partition coefficient (Wildman–Crippen LogP) is 0.878. The standard InChI is InChI=1S/C4H11NO.C3H6O.C2H7N.CHNO/c1-4(2)6-5-3;1-3(2)4;1-3-2;2-1-3/h4-5H,1-3H3;1-2H3;3H,1-2H3;2H. The van der Waals surface area contributed by atoms with Crippen LogP contribution < -0.4 is 10.8 Å². The van der Waals surface area contributed by atoms with Crippen LogP contribution in [0.25, 0.3) is 0 Å². The third kappa shape index (κ3) is 494. The molecule has 0 aromatic carbocycles. The molecule has 3 N–H and O–H groups in total. The molecule has 0 aliphatic carbocycles. The summed E-state index contributed by atoms with van der Waals surface area (Å²) >= 11 is 0. The van der Waals surface area contributed by atoms with Gasteiger partial charge in [-0.1, -0.05) is 0 Å². The first kappa shape index (κ1) is 24.3. The minimum atomic E-state index is 0.167. The van der Waals surface area contributed by atoms with Crippen LogP contribution in [0.15, 0.2) is 0 Å². The number of isocyanates is 1. The molecule has 0 fully saturated rings. The summed E-state index contributed by atoms with van der Waals surface area (Å²) in [6, 6.07) is 0. The van der Waals surface area contributed by atoms with Crippen molar-refractivity contribution in [1.82, 2.24) is 10.8 Å². The predicted molar refractivity (Wildman–Crippen MR) is 65.0 cm³/mol. The van der Waals surface area contributed by atoms with Crippen molar-refractivity contribution >= 4 is 11.9 Å². The molecule has 0 aliphatic heterocycles. The molecule has 6 nitrogen and oxygen atoms in total. The van der Waals surface area contributed by atoms with Gasteiger partial charge in [0.2, 0.25) is 6.08 Å². The lowest BCUT2D eigenvalue weighted by molar-refractivity contribution is -0.114. The summed E-state index contributed by atoms with van der Waals surface area (Å²) in [6.07, 6.45) is 1.04. The maximum atomic E-state index is 9.44. The van der Waals surface area contributed by atoms with Crippen molar-refractivity contribution in [1.29, 1.82) is 5.41 Å². The Morgan fingerprint density at radius 2 is 1.44 bits per heavy atom. The Labute approximate surface area is 98.2 Å². The van der Waals surface area contributed by atoms with Gasteiger partial charge in [-0.15, -0.1) is 0 Å². The molecule has 0 radical (unpaired) electrons. The normalized spacial score (nSPS) is 7.00. The van der Waals surface area contributed by atoms with E-state index >= 15 is 0 Å². The summed E-state index contributed by atoms with van der Waals surface area (Å²) in [7, 11) is 5.50. The van der Waals surface area contributed by atoms with Gasteiger partial charge >= 0.3 is 0 Å². The number of hydroxylamine groups is 1. The third-order valence-corrected chi connectivity index (χ3v) is 0.354. The first-order valence-electron chi connectivity index (χ1n) is 4.75. The van der Waals surface area contributed by atoms with Crippen LogP contribution in [0.2, 0.25) is 0 Å². The molecule has 98 valence electrons. The number of Topliss-reactive ketones (excluding diaryl/α,β-unsaturated/α-hetero) is 1. The maximum absolute atomic E-state index is 9.44. The second kappa shape index (κ2) is 29.2. The minimum absolute atomic E-state index is 0.167. The van der Waals surface area contributed by atoms with E-state index in [4.69, 9.17) is 15.0 Å². The Morgan fingerprint density at radius 3 is 1.44 bits per heavy atom. The number of hydrogen-bond acceptors (Lipinski definition) is 6. The van der Waals surface area contributed by atoms with Crippen LogP contribution in [0, 0.1) is 5.41 Å². The molecular formula is C10H25N3O3. The summed E-state index contributed by atoms with van der Waals surface area (Å²) in [5.41, 5.74) is 2.57. The first-order valence-corrected chi connectivity index (χ1v) is 4.75. The van der Waals surface area contributed by atoms with Gasteiger partial charge in [0.05, 0.1) is 6.10 Å². The lowest BCUT2D eigenvalue weighted by Crippen LogP contribution is -2.13. The van der Waals surface area contributed by atoms with E-state index in [1.807, 2.05) is 27.9 Å². The summed E-state index contributed by atoms with van der Waals surface area (Å²) in [5, 5.41) is 8.15. The molecule has 0 aliphatic rings. The zero-order chi connectivity index (χ0) is 14.0. The fourth-order valence-electron chi connectivity index (χ4n) is 0.236. The molecule has 0 saturated carbocycles. The van der Waals surface area contributed by atoms with Crippen molar-refractivity contribution in [2.24, 2.45) is 0 Å². The Hall–Kier alpha value is -1.07. The zero-order valence-electron chi connectivity index (χ0n) is 11.3. The molecular weight excluding hydrogens is 210 g/mol. The van der Waals surface area contributed by atoms with Crippen LogP contribution >= 0.6 is 0 Å². The first-order chi connectivity index (χ1) is 7.33. The molecule has 0 bridgehead atoms. The van der Waals surface area contributed by atoms with Gasteiger partial charge in [0.25, 0.3) is 0 Å². The highest BCUT2D eigenvalue weighted by molar-refractivity contribution is 5.72. The van der Waals surface area contributed by atoms with E-state index in [1.165, 1.54) is 13.8 Å². The molecule has 0 unspecified atom stereocenters. The van der Waals surface area contributed by atoms with Crippen LogP contribution in [-0.2, 0) is 14.4 Å². The molecule has 6 heteroatoms. The van der Waals surface area contributed by atoms with E-state index in [2.05, 4.69) is 10.8 Å². The van der Waals surface area contributed by atoms with Gasteiger partial charge in [-0.25, -0.2) is 15.7 Å². The fourth-order valence-corrected chi connectivity index (χ4v) is 0.236. The topological polar surface area (TPSA) is 91.3 Å². The van der Waals surface area contributed by atoms with Gasteiger partial charge in [0.15, 0.2) is 0 Å². The van der Waals surface area contributed by atoms with Crippen LogP contribution in [0.4, 0.5) is 0 Å². The minimum Gasteiger partial charge on any atom is -0.323 e. The highest BCUT2D eigenvalue weighted by Crippen LogP contribution is 1.77. The van der Waals surface area contributed by atoms with Crippen LogP contribution in [0.5, 0.6) is 0 Å². The lowest BCUT2D eigenvalue weighted by Gasteiger charge is -2.01. The third-order valence-electron chi connectivity index (χ3n) is 0.354. The van der Waals surface area contributed by atoms with Gasteiger partial charge in [-0.3, -0.25) is 4.84 Å². The van der Waals surface area contributed by atoms with Crippen LogP contribution in [0.3, 0.4) is 0 Å². The molecule has 0 rings (SSSR count). The average molecular weight is 235 g/mol. The molecule has 16 heavy (non-hydrogen) atoms. The van der Waals surface area contributed by atoms with Gasteiger partial charge in [-0.2, -0.15) is 0 Å². The fraction of sp³-hybridized carbons (Fsp3) is 0.800. The Morgan fingerprint density at radius 1 is 1.25 bits per heavy atom. The van der Waals surface area contributed by atoms with Crippen molar-refractivity contribution in [3.8, 4) is 0 Å². The van der Waals surface area contributed by atoms with Gasteiger partial charge < -0.3 is 10.1 Å². The van der Waals surface area contributed by atoms with Crippen molar-refractivity contribution in [3.63, 3.8) is 0 Å². The lowest BCUT2D eigenvalue weighted by atomic mass is 10.5. The largest absolute Gasteiger partial charge is 0.323 e. The highest BCUT2D eigenvalue weighted by Gasteiger charge is 1.83. The SMILES string of the molecule is CC(C)=O.CNC.CNOC(C)C.N=C=O. The second-order valence-electron chi connectivity index (χ2n) is 2.88. The average Bonchev–Trinajstić information content (AvgIpc) is 2.04. The number of nitrogens with one attached hydrogen (secondary N) is 3. The smallest absolute Gasteiger partial charge is 0.231 e. The van der Waals surface area contributed by atoms with Crippen LogP contribution in [0.1, 0.15) is 27.7 Å². The van der Waals surface area contributed by atoms with Crippen molar-refractivity contribution in [2.45, 2.75) is 33.8 Å². The Balaban J connectivity index is -0.0000000635. The summed E-state index contributed by atoms with van der Waals surface area (Å²) in [5.74, 6) is 0.167. The number of carbonyl (C=O) groups excluding carboxylic acids is 2. The number of hydrogen-bond donors (Lipinski definition) is 3. The van der Waals surface area contributed by atoms with Crippen molar-refractivity contribution < 1.29 is 14.4 Å². The zero-order valence-corrected chi connectivity index (χ0v) is 11.3. The second-order valence-corrected chi connectivity index (χ2v) is 2.88. The molecule has 0 amide bonds. The van der Waals surface area contributed by atoms with Crippen LogP contribution in [-0.4, -0.2) is 39.1 Å². The van der Waals surface area contributed by atoms with Gasteiger partial charge in [0.1, 0.15) is 5.78 Å². The van der Waals surface area contributed by atoms with E-state index in [9.17, 15) is 4.79 Å². The van der Waals surface area contributed by atoms with Gasteiger partial charge in [0, 0.05) is 7.05 Å². The summed E-state index contributed by atoms with van der Waals surface area (Å²) in [6.45, 7) is 6.99.